The molecule has 5 heteroatoms. The zero-order valence-corrected chi connectivity index (χ0v) is 13.5. The second-order valence-corrected chi connectivity index (χ2v) is 5.76. The van der Waals surface area contributed by atoms with Gasteiger partial charge >= 0.3 is 0 Å². The van der Waals surface area contributed by atoms with Gasteiger partial charge in [-0.1, -0.05) is 35.9 Å². The van der Waals surface area contributed by atoms with Crippen LogP contribution in [0.25, 0.3) is 6.08 Å². The lowest BCUT2D eigenvalue weighted by atomic mass is 10.1. The molecule has 0 aliphatic carbocycles. The number of para-hydroxylation sites is 1. The maximum absolute atomic E-state index is 12.6. The first kappa shape index (κ1) is 15.3. The third-order valence-corrected chi connectivity index (χ3v) is 4.11. The minimum Gasteiger partial charge on any atom is -0.507 e. The van der Waals surface area contributed by atoms with Crippen molar-refractivity contribution in [2.75, 3.05) is 5.01 Å². The summed E-state index contributed by atoms with van der Waals surface area (Å²) in [5.74, 6) is -0.122. The van der Waals surface area contributed by atoms with E-state index in [1.165, 1.54) is 5.01 Å². The minimum atomic E-state index is -0.245. The van der Waals surface area contributed by atoms with E-state index in [0.717, 1.165) is 5.56 Å². The minimum absolute atomic E-state index is 0.123. The number of carbonyl (C=O) groups is 1. The Bertz CT molecular complexity index is 856. The molecule has 1 aliphatic rings. The van der Waals surface area contributed by atoms with Crippen LogP contribution in [-0.4, -0.2) is 16.7 Å². The lowest BCUT2D eigenvalue weighted by molar-refractivity contribution is -0.114. The Labute approximate surface area is 139 Å². The highest BCUT2D eigenvalue weighted by Crippen LogP contribution is 2.29. The molecule has 0 aromatic heterocycles. The number of nitrogens with zero attached hydrogens (tertiary/aromatic N) is 2. The standard InChI is InChI=1S/C18H15ClN2O2/c1-11-7-8-14(10-16(11)19)21-18(23)15(12(2)20-21)9-13-5-3-4-6-17(13)22/h3-10,22H,1-2H3. The van der Waals surface area contributed by atoms with E-state index in [9.17, 15) is 9.90 Å². The molecule has 0 spiro atoms. The number of phenols is 1. The number of carbonyl (C=O) groups excluding carboxylic acids is 1. The molecule has 0 saturated carbocycles. The van der Waals surface area contributed by atoms with Crippen molar-refractivity contribution in [3.63, 3.8) is 0 Å². The Morgan fingerprint density at radius 2 is 1.91 bits per heavy atom. The van der Waals surface area contributed by atoms with E-state index in [2.05, 4.69) is 5.10 Å². The van der Waals surface area contributed by atoms with Crippen molar-refractivity contribution in [3.05, 3.63) is 64.2 Å². The number of rotatable bonds is 2. The molecule has 0 atom stereocenters. The van der Waals surface area contributed by atoms with E-state index in [1.54, 1.807) is 49.4 Å². The van der Waals surface area contributed by atoms with Gasteiger partial charge in [0.2, 0.25) is 0 Å². The van der Waals surface area contributed by atoms with Gasteiger partial charge in [-0.25, -0.2) is 0 Å². The van der Waals surface area contributed by atoms with E-state index in [0.29, 0.717) is 27.6 Å². The third-order valence-electron chi connectivity index (χ3n) is 3.70. The predicted molar refractivity (Wildman–Crippen MR) is 92.9 cm³/mol. The van der Waals surface area contributed by atoms with Crippen LogP contribution in [-0.2, 0) is 4.79 Å². The lowest BCUT2D eigenvalue weighted by Crippen LogP contribution is -2.21. The maximum Gasteiger partial charge on any atom is 0.280 e. The molecule has 0 saturated heterocycles. The van der Waals surface area contributed by atoms with Gasteiger partial charge in [-0.15, -0.1) is 0 Å². The molecule has 1 aliphatic heterocycles. The van der Waals surface area contributed by atoms with E-state index < -0.39 is 0 Å². The van der Waals surface area contributed by atoms with Gasteiger partial charge in [0.15, 0.2) is 0 Å². The van der Waals surface area contributed by atoms with Crippen molar-refractivity contribution in [1.82, 2.24) is 0 Å². The number of aromatic hydroxyl groups is 1. The smallest absolute Gasteiger partial charge is 0.280 e. The van der Waals surface area contributed by atoms with Crippen LogP contribution in [0.3, 0.4) is 0 Å². The summed E-state index contributed by atoms with van der Waals surface area (Å²) in [6, 6.07) is 12.2. The summed E-state index contributed by atoms with van der Waals surface area (Å²) in [5, 5.41) is 16.1. The molecule has 0 bridgehead atoms. The van der Waals surface area contributed by atoms with Crippen molar-refractivity contribution in [2.24, 2.45) is 5.10 Å². The van der Waals surface area contributed by atoms with E-state index in [1.807, 2.05) is 13.0 Å². The highest BCUT2D eigenvalue weighted by molar-refractivity contribution is 6.33. The molecule has 0 radical (unpaired) electrons. The summed E-state index contributed by atoms with van der Waals surface area (Å²) < 4.78 is 0. The first-order valence-corrected chi connectivity index (χ1v) is 7.51. The third kappa shape index (κ3) is 2.85. The molecule has 3 rings (SSSR count). The molecule has 1 heterocycles. The molecule has 23 heavy (non-hydrogen) atoms. The molecule has 2 aromatic carbocycles. The number of halogens is 1. The van der Waals surface area contributed by atoms with Crippen molar-refractivity contribution >= 4 is 35.0 Å². The Kier molecular flexibility index (Phi) is 3.92. The van der Waals surface area contributed by atoms with Crippen LogP contribution in [0.5, 0.6) is 5.75 Å². The number of hydrogen-bond acceptors (Lipinski definition) is 3. The summed E-state index contributed by atoms with van der Waals surface area (Å²) in [6.07, 6.45) is 1.65. The monoisotopic (exact) mass is 326 g/mol. The fourth-order valence-corrected chi connectivity index (χ4v) is 2.51. The van der Waals surface area contributed by atoms with Gasteiger partial charge in [0.1, 0.15) is 5.75 Å². The van der Waals surface area contributed by atoms with Crippen LogP contribution in [0.2, 0.25) is 5.02 Å². The quantitative estimate of drug-likeness (QED) is 0.842. The fourth-order valence-electron chi connectivity index (χ4n) is 2.34. The van der Waals surface area contributed by atoms with Crippen LogP contribution >= 0.6 is 11.6 Å². The van der Waals surface area contributed by atoms with E-state index >= 15 is 0 Å². The second-order valence-electron chi connectivity index (χ2n) is 5.35. The second kappa shape index (κ2) is 5.89. The Hall–Kier alpha value is -2.59. The fraction of sp³-hybridized carbons (Fsp3) is 0.111. The highest BCUT2D eigenvalue weighted by Gasteiger charge is 2.29. The maximum atomic E-state index is 12.6. The Morgan fingerprint density at radius 3 is 2.61 bits per heavy atom. The molecular formula is C18H15ClN2O2. The van der Waals surface area contributed by atoms with Crippen LogP contribution in [0.4, 0.5) is 5.69 Å². The summed E-state index contributed by atoms with van der Waals surface area (Å²) in [6.45, 7) is 3.66. The van der Waals surface area contributed by atoms with Gasteiger partial charge < -0.3 is 5.11 Å². The summed E-state index contributed by atoms with van der Waals surface area (Å²) in [7, 11) is 0. The van der Waals surface area contributed by atoms with Gasteiger partial charge in [0, 0.05) is 10.6 Å². The molecule has 1 amide bonds. The van der Waals surface area contributed by atoms with Gasteiger partial charge in [-0.05, 0) is 43.7 Å². The largest absolute Gasteiger partial charge is 0.507 e. The molecule has 1 N–H and O–H groups in total. The van der Waals surface area contributed by atoms with E-state index in [-0.39, 0.29) is 11.7 Å². The Balaban J connectivity index is 1.98. The highest BCUT2D eigenvalue weighted by atomic mass is 35.5. The number of anilines is 1. The van der Waals surface area contributed by atoms with Crippen molar-refractivity contribution in [3.8, 4) is 5.75 Å². The molecular weight excluding hydrogens is 312 g/mol. The normalized spacial score (nSPS) is 16.1. The van der Waals surface area contributed by atoms with Crippen molar-refractivity contribution < 1.29 is 9.90 Å². The summed E-state index contributed by atoms with van der Waals surface area (Å²) >= 11 is 6.13. The average molecular weight is 327 g/mol. The van der Waals surface area contributed by atoms with Gasteiger partial charge in [-0.3, -0.25) is 4.79 Å². The molecule has 0 unspecified atom stereocenters. The van der Waals surface area contributed by atoms with Crippen LogP contribution in [0.1, 0.15) is 18.1 Å². The number of phenolic OH excluding ortho intramolecular Hbond substituents is 1. The number of hydrazone groups is 1. The first-order valence-electron chi connectivity index (χ1n) is 7.13. The number of amides is 1. The number of benzene rings is 2. The lowest BCUT2D eigenvalue weighted by Gasteiger charge is -2.12. The van der Waals surface area contributed by atoms with Gasteiger partial charge in [-0.2, -0.15) is 10.1 Å². The SMILES string of the molecule is CC1=NN(c2ccc(C)c(Cl)c2)C(=O)C1=Cc1ccccc1O. The number of hydrogen-bond donors (Lipinski definition) is 1. The zero-order valence-electron chi connectivity index (χ0n) is 12.7. The summed E-state index contributed by atoms with van der Waals surface area (Å²) in [5.41, 5.74) is 3.17. The average Bonchev–Trinajstić information content (AvgIpc) is 2.80. The molecule has 116 valence electrons. The zero-order chi connectivity index (χ0) is 16.6. The van der Waals surface area contributed by atoms with Crippen LogP contribution in [0.15, 0.2) is 53.1 Å². The van der Waals surface area contributed by atoms with Crippen molar-refractivity contribution in [1.29, 1.82) is 0 Å². The predicted octanol–water partition coefficient (Wildman–Crippen LogP) is 4.16. The number of aryl methyl sites for hydroxylation is 1. The van der Waals surface area contributed by atoms with Gasteiger partial charge in [0.25, 0.3) is 5.91 Å². The Morgan fingerprint density at radius 1 is 1.17 bits per heavy atom. The van der Waals surface area contributed by atoms with E-state index in [4.69, 9.17) is 11.6 Å². The van der Waals surface area contributed by atoms with Crippen LogP contribution in [0, 0.1) is 6.92 Å². The first-order chi connectivity index (χ1) is 11.0. The van der Waals surface area contributed by atoms with Gasteiger partial charge in [0.05, 0.1) is 17.0 Å². The molecule has 4 nitrogen and oxygen atoms in total. The molecule has 2 aromatic rings. The summed E-state index contributed by atoms with van der Waals surface area (Å²) in [4.78, 5) is 12.6. The topological polar surface area (TPSA) is 52.9 Å². The van der Waals surface area contributed by atoms with Crippen LogP contribution < -0.4 is 5.01 Å². The molecule has 0 fully saturated rings. The van der Waals surface area contributed by atoms with Crippen molar-refractivity contribution in [2.45, 2.75) is 13.8 Å².